The Labute approximate surface area is 169 Å². The molecule has 29 heavy (non-hydrogen) atoms. The first-order valence-electron chi connectivity index (χ1n) is 9.59. The quantitative estimate of drug-likeness (QED) is 0.327. The molecule has 0 amide bonds. The standard InChI is InChI=1S/C26H20O3/c1-17(27)16-24(22-14-6-10-18-8-2-4-12-20(18)22)26(29)25(28)23-15-7-11-19-9-3-5-13-21(19)23/h2-15,24H,16H2,1H3. The Hall–Kier alpha value is -3.59. The topological polar surface area (TPSA) is 51.2 Å². The zero-order valence-corrected chi connectivity index (χ0v) is 16.1. The number of fused-ring (bicyclic) bond motifs is 2. The summed E-state index contributed by atoms with van der Waals surface area (Å²) in [5.41, 5.74) is 1.10. The summed E-state index contributed by atoms with van der Waals surface area (Å²) in [5, 5.41) is 3.51. The van der Waals surface area contributed by atoms with Gasteiger partial charge in [-0.2, -0.15) is 0 Å². The molecule has 0 bridgehead atoms. The molecule has 0 aliphatic rings. The molecule has 142 valence electrons. The molecule has 0 aromatic heterocycles. The second-order valence-electron chi connectivity index (χ2n) is 7.25. The monoisotopic (exact) mass is 380 g/mol. The summed E-state index contributed by atoms with van der Waals surface area (Å²) in [6.45, 7) is 1.45. The third-order valence-corrected chi connectivity index (χ3v) is 5.26. The lowest BCUT2D eigenvalue weighted by Crippen LogP contribution is -2.24. The van der Waals surface area contributed by atoms with Gasteiger partial charge < -0.3 is 0 Å². The summed E-state index contributed by atoms with van der Waals surface area (Å²) in [4.78, 5) is 38.6. The van der Waals surface area contributed by atoms with E-state index in [0.29, 0.717) is 5.56 Å². The average Bonchev–Trinajstić information content (AvgIpc) is 2.75. The van der Waals surface area contributed by atoms with Crippen LogP contribution in [0.25, 0.3) is 21.5 Å². The van der Waals surface area contributed by atoms with E-state index in [4.69, 9.17) is 0 Å². The Kier molecular flexibility index (Phi) is 5.05. The molecule has 0 radical (unpaired) electrons. The van der Waals surface area contributed by atoms with Crippen LogP contribution in [0.1, 0.15) is 35.2 Å². The molecule has 0 N–H and O–H groups in total. The summed E-state index contributed by atoms with van der Waals surface area (Å²) < 4.78 is 0. The molecule has 1 unspecified atom stereocenters. The number of carbonyl (C=O) groups is 3. The molecule has 4 aromatic carbocycles. The van der Waals surface area contributed by atoms with Gasteiger partial charge in [0.1, 0.15) is 5.78 Å². The van der Waals surface area contributed by atoms with Crippen LogP contribution in [0.3, 0.4) is 0 Å². The van der Waals surface area contributed by atoms with E-state index in [1.165, 1.54) is 6.92 Å². The lowest BCUT2D eigenvalue weighted by Gasteiger charge is -2.17. The van der Waals surface area contributed by atoms with Crippen molar-refractivity contribution in [2.75, 3.05) is 0 Å². The van der Waals surface area contributed by atoms with Crippen LogP contribution in [-0.2, 0) is 9.59 Å². The molecule has 3 nitrogen and oxygen atoms in total. The second-order valence-corrected chi connectivity index (χ2v) is 7.25. The van der Waals surface area contributed by atoms with E-state index >= 15 is 0 Å². The number of benzene rings is 4. The maximum Gasteiger partial charge on any atom is 0.229 e. The lowest BCUT2D eigenvalue weighted by molar-refractivity contribution is -0.122. The molecular formula is C26H20O3. The summed E-state index contributed by atoms with van der Waals surface area (Å²) in [5.74, 6) is -2.03. The Bertz CT molecular complexity index is 1240. The maximum absolute atomic E-state index is 13.4. The van der Waals surface area contributed by atoms with Crippen LogP contribution in [0.5, 0.6) is 0 Å². The van der Waals surface area contributed by atoms with Crippen LogP contribution in [0, 0.1) is 0 Å². The molecule has 4 aromatic rings. The van der Waals surface area contributed by atoms with Crippen molar-refractivity contribution in [2.24, 2.45) is 0 Å². The van der Waals surface area contributed by atoms with Crippen molar-refractivity contribution >= 4 is 38.9 Å². The highest BCUT2D eigenvalue weighted by Gasteiger charge is 2.30. The Morgan fingerprint density at radius 2 is 1.24 bits per heavy atom. The van der Waals surface area contributed by atoms with Crippen LogP contribution in [0.2, 0.25) is 0 Å². The molecule has 0 fully saturated rings. The van der Waals surface area contributed by atoms with Crippen molar-refractivity contribution < 1.29 is 14.4 Å². The lowest BCUT2D eigenvalue weighted by atomic mass is 9.83. The highest BCUT2D eigenvalue weighted by Crippen LogP contribution is 2.31. The average molecular weight is 380 g/mol. The highest BCUT2D eigenvalue weighted by atomic mass is 16.2. The molecule has 4 rings (SSSR count). The molecule has 0 spiro atoms. The predicted octanol–water partition coefficient (Wildman–Crippen LogP) is 5.51. The summed E-state index contributed by atoms with van der Waals surface area (Å²) in [6.07, 6.45) is 0.00332. The fourth-order valence-electron chi connectivity index (χ4n) is 3.90. The maximum atomic E-state index is 13.4. The molecule has 0 saturated carbocycles. The summed E-state index contributed by atoms with van der Waals surface area (Å²) in [6, 6.07) is 26.2. The fraction of sp³-hybridized carbons (Fsp3) is 0.115. The summed E-state index contributed by atoms with van der Waals surface area (Å²) >= 11 is 0. The molecule has 0 saturated heterocycles. The van der Waals surface area contributed by atoms with Gasteiger partial charge in [-0.3, -0.25) is 14.4 Å². The van der Waals surface area contributed by atoms with Gasteiger partial charge in [0.05, 0.1) is 5.92 Å². The SMILES string of the molecule is CC(=O)CC(C(=O)C(=O)c1cccc2ccccc12)c1cccc2ccccc12. The molecule has 0 aliphatic heterocycles. The van der Waals surface area contributed by atoms with Crippen LogP contribution < -0.4 is 0 Å². The number of carbonyl (C=O) groups excluding carboxylic acids is 3. The Morgan fingerprint density at radius 1 is 0.690 bits per heavy atom. The predicted molar refractivity (Wildman–Crippen MR) is 115 cm³/mol. The van der Waals surface area contributed by atoms with Gasteiger partial charge in [-0.25, -0.2) is 0 Å². The zero-order chi connectivity index (χ0) is 20.4. The Balaban J connectivity index is 1.82. The van der Waals surface area contributed by atoms with Crippen molar-refractivity contribution in [3.05, 3.63) is 96.1 Å². The first-order chi connectivity index (χ1) is 14.1. The number of hydrogen-bond acceptors (Lipinski definition) is 3. The van der Waals surface area contributed by atoms with Crippen molar-refractivity contribution in [3.63, 3.8) is 0 Å². The minimum atomic E-state index is -0.801. The zero-order valence-electron chi connectivity index (χ0n) is 16.1. The number of Topliss-reactive ketones (excluding diaryl/α,β-unsaturated/α-hetero) is 3. The third-order valence-electron chi connectivity index (χ3n) is 5.26. The van der Waals surface area contributed by atoms with E-state index in [1.54, 1.807) is 12.1 Å². The fourth-order valence-corrected chi connectivity index (χ4v) is 3.90. The number of ketones is 3. The molecule has 0 heterocycles. The Morgan fingerprint density at radius 3 is 1.93 bits per heavy atom. The van der Waals surface area contributed by atoms with Crippen molar-refractivity contribution in [1.82, 2.24) is 0 Å². The van der Waals surface area contributed by atoms with Gasteiger partial charge >= 0.3 is 0 Å². The smallest absolute Gasteiger partial charge is 0.229 e. The van der Waals surface area contributed by atoms with Gasteiger partial charge in [0.2, 0.25) is 11.6 Å². The van der Waals surface area contributed by atoms with E-state index in [1.807, 2.05) is 72.8 Å². The number of hydrogen-bond donors (Lipinski definition) is 0. The van der Waals surface area contributed by atoms with Gasteiger partial charge in [-0.1, -0.05) is 84.9 Å². The summed E-state index contributed by atoms with van der Waals surface area (Å²) in [7, 11) is 0. The minimum absolute atomic E-state index is 0.00332. The van der Waals surface area contributed by atoms with Crippen molar-refractivity contribution in [3.8, 4) is 0 Å². The van der Waals surface area contributed by atoms with E-state index in [2.05, 4.69) is 0 Å². The highest BCUT2D eigenvalue weighted by molar-refractivity contribution is 6.47. The van der Waals surface area contributed by atoms with E-state index in [0.717, 1.165) is 27.1 Å². The van der Waals surface area contributed by atoms with Crippen LogP contribution in [-0.4, -0.2) is 17.3 Å². The van der Waals surface area contributed by atoms with Crippen LogP contribution in [0.15, 0.2) is 84.9 Å². The van der Waals surface area contributed by atoms with Gasteiger partial charge in [0, 0.05) is 12.0 Å². The van der Waals surface area contributed by atoms with Crippen molar-refractivity contribution in [1.29, 1.82) is 0 Å². The minimum Gasteiger partial charge on any atom is -0.300 e. The first kappa shape index (κ1) is 18.8. The largest absolute Gasteiger partial charge is 0.300 e. The van der Waals surface area contributed by atoms with E-state index in [-0.39, 0.29) is 12.2 Å². The molecule has 1 atom stereocenters. The first-order valence-corrected chi connectivity index (χ1v) is 9.59. The van der Waals surface area contributed by atoms with Crippen molar-refractivity contribution in [2.45, 2.75) is 19.3 Å². The van der Waals surface area contributed by atoms with Gasteiger partial charge in [0.15, 0.2) is 0 Å². The van der Waals surface area contributed by atoms with Gasteiger partial charge in [0.25, 0.3) is 0 Å². The van der Waals surface area contributed by atoms with Gasteiger partial charge in [-0.05, 0) is 34.0 Å². The van der Waals surface area contributed by atoms with E-state index in [9.17, 15) is 14.4 Å². The molecule has 3 heteroatoms. The van der Waals surface area contributed by atoms with Gasteiger partial charge in [-0.15, -0.1) is 0 Å². The van der Waals surface area contributed by atoms with Crippen LogP contribution >= 0.6 is 0 Å². The molecular weight excluding hydrogens is 360 g/mol. The molecule has 0 aliphatic carbocycles. The van der Waals surface area contributed by atoms with E-state index < -0.39 is 17.5 Å². The normalized spacial score (nSPS) is 12.0. The van der Waals surface area contributed by atoms with Crippen LogP contribution in [0.4, 0.5) is 0 Å². The number of rotatable bonds is 6. The third kappa shape index (κ3) is 3.59. The second kappa shape index (κ2) is 7.80.